The van der Waals surface area contributed by atoms with E-state index in [0.717, 1.165) is 25.0 Å². The minimum absolute atomic E-state index is 0.0694. The van der Waals surface area contributed by atoms with Crippen LogP contribution in [0.5, 0.6) is 0 Å². The zero-order valence-electron chi connectivity index (χ0n) is 13.5. The third kappa shape index (κ3) is 8.12. The van der Waals surface area contributed by atoms with Gasteiger partial charge in [0, 0.05) is 6.61 Å². The average Bonchev–Trinajstić information content (AvgIpc) is 2.47. The standard InChI is InChI=1S/C15H29O5P/c1-4-19-21(16,20-5-2)12-8-9-14(3)13-18-15-10-6-7-11-17-15/h9,15H,4-8,10-13H2,1-3H3/b14-9+. The molecule has 0 spiro atoms. The third-order valence-electron chi connectivity index (χ3n) is 3.18. The van der Waals surface area contributed by atoms with Gasteiger partial charge in [-0.25, -0.2) is 0 Å². The molecule has 1 aliphatic heterocycles. The second-order valence-electron chi connectivity index (χ2n) is 5.12. The smallest absolute Gasteiger partial charge is 0.330 e. The van der Waals surface area contributed by atoms with Gasteiger partial charge in [0.15, 0.2) is 6.29 Å². The van der Waals surface area contributed by atoms with E-state index in [0.29, 0.717) is 32.4 Å². The lowest BCUT2D eigenvalue weighted by molar-refractivity contribution is -0.156. The summed E-state index contributed by atoms with van der Waals surface area (Å²) in [5, 5.41) is 0. The Morgan fingerprint density at radius 1 is 1.29 bits per heavy atom. The van der Waals surface area contributed by atoms with Gasteiger partial charge in [0.2, 0.25) is 0 Å². The van der Waals surface area contributed by atoms with Crippen molar-refractivity contribution in [2.24, 2.45) is 0 Å². The number of hydrogen-bond acceptors (Lipinski definition) is 5. The van der Waals surface area contributed by atoms with Crippen molar-refractivity contribution in [2.45, 2.75) is 52.7 Å². The molecule has 0 aromatic rings. The molecule has 1 unspecified atom stereocenters. The summed E-state index contributed by atoms with van der Waals surface area (Å²) in [6, 6.07) is 0. The Balaban J connectivity index is 2.28. The summed E-state index contributed by atoms with van der Waals surface area (Å²) in [5.41, 5.74) is 1.11. The molecular weight excluding hydrogens is 291 g/mol. The molecule has 6 heteroatoms. The Hall–Kier alpha value is -0.190. The van der Waals surface area contributed by atoms with Gasteiger partial charge in [0.25, 0.3) is 0 Å². The summed E-state index contributed by atoms with van der Waals surface area (Å²) in [5.74, 6) is 0. The second kappa shape index (κ2) is 10.5. The van der Waals surface area contributed by atoms with Gasteiger partial charge < -0.3 is 18.5 Å². The molecule has 1 aliphatic rings. The molecule has 1 atom stereocenters. The molecule has 1 rings (SSSR count). The van der Waals surface area contributed by atoms with E-state index in [1.807, 2.05) is 26.8 Å². The highest BCUT2D eigenvalue weighted by molar-refractivity contribution is 7.53. The molecule has 0 aromatic heterocycles. The zero-order valence-corrected chi connectivity index (χ0v) is 14.4. The maximum Gasteiger partial charge on any atom is 0.330 e. The Morgan fingerprint density at radius 3 is 2.57 bits per heavy atom. The van der Waals surface area contributed by atoms with E-state index in [1.54, 1.807) is 0 Å². The first-order valence-corrected chi connectivity index (χ1v) is 9.59. The minimum atomic E-state index is -2.93. The maximum atomic E-state index is 12.3. The van der Waals surface area contributed by atoms with Gasteiger partial charge >= 0.3 is 7.60 Å². The Kier molecular flexibility index (Phi) is 9.45. The summed E-state index contributed by atoms with van der Waals surface area (Å²) < 4.78 is 34.0. The highest BCUT2D eigenvalue weighted by Crippen LogP contribution is 2.48. The van der Waals surface area contributed by atoms with Crippen LogP contribution in [0.4, 0.5) is 0 Å². The molecule has 0 saturated carbocycles. The van der Waals surface area contributed by atoms with E-state index in [-0.39, 0.29) is 6.29 Å². The minimum Gasteiger partial charge on any atom is -0.353 e. The van der Waals surface area contributed by atoms with Gasteiger partial charge in [0.1, 0.15) is 0 Å². The normalized spacial score (nSPS) is 20.7. The van der Waals surface area contributed by atoms with Crippen LogP contribution in [0.25, 0.3) is 0 Å². The molecule has 1 heterocycles. The van der Waals surface area contributed by atoms with Crippen molar-refractivity contribution < 1.29 is 23.1 Å². The molecule has 5 nitrogen and oxygen atoms in total. The van der Waals surface area contributed by atoms with Crippen LogP contribution in [0.3, 0.4) is 0 Å². The molecule has 0 aliphatic carbocycles. The molecule has 0 radical (unpaired) electrons. The highest BCUT2D eigenvalue weighted by Gasteiger charge is 2.22. The third-order valence-corrected chi connectivity index (χ3v) is 5.29. The fourth-order valence-electron chi connectivity index (χ4n) is 2.15. The van der Waals surface area contributed by atoms with Crippen molar-refractivity contribution in [3.05, 3.63) is 11.6 Å². The van der Waals surface area contributed by atoms with Crippen LogP contribution < -0.4 is 0 Å². The zero-order chi connectivity index (χ0) is 15.6. The Bertz CT molecular complexity index is 340. The molecular formula is C15H29O5P. The fourth-order valence-corrected chi connectivity index (χ4v) is 3.72. The molecule has 0 aromatic carbocycles. The molecule has 0 amide bonds. The first-order valence-electron chi connectivity index (χ1n) is 7.86. The number of allylic oxidation sites excluding steroid dienone is 1. The highest BCUT2D eigenvalue weighted by atomic mass is 31.2. The monoisotopic (exact) mass is 320 g/mol. The van der Waals surface area contributed by atoms with Crippen LogP contribution >= 0.6 is 7.60 Å². The van der Waals surface area contributed by atoms with E-state index < -0.39 is 7.60 Å². The van der Waals surface area contributed by atoms with Crippen LogP contribution in [-0.2, 0) is 23.1 Å². The summed E-state index contributed by atoms with van der Waals surface area (Å²) >= 11 is 0. The summed E-state index contributed by atoms with van der Waals surface area (Å²) in [6.07, 6.45) is 6.30. The molecule has 1 fully saturated rings. The molecule has 0 bridgehead atoms. The van der Waals surface area contributed by atoms with Gasteiger partial charge in [0.05, 0.1) is 26.0 Å². The van der Waals surface area contributed by atoms with Crippen molar-refractivity contribution in [1.82, 2.24) is 0 Å². The average molecular weight is 320 g/mol. The summed E-state index contributed by atoms with van der Waals surface area (Å²) in [6.45, 7) is 7.81. The Labute approximate surface area is 128 Å². The van der Waals surface area contributed by atoms with Gasteiger partial charge in [-0.1, -0.05) is 11.6 Å². The van der Waals surface area contributed by atoms with Gasteiger partial charge in [-0.2, -0.15) is 0 Å². The second-order valence-corrected chi connectivity index (χ2v) is 7.30. The number of ether oxygens (including phenoxy) is 2. The fraction of sp³-hybridized carbons (Fsp3) is 0.867. The van der Waals surface area contributed by atoms with E-state index in [2.05, 4.69) is 0 Å². The molecule has 1 saturated heterocycles. The lowest BCUT2D eigenvalue weighted by Crippen LogP contribution is -2.22. The van der Waals surface area contributed by atoms with Gasteiger partial charge in [-0.3, -0.25) is 4.57 Å². The largest absolute Gasteiger partial charge is 0.353 e. The molecule has 21 heavy (non-hydrogen) atoms. The van der Waals surface area contributed by atoms with Crippen LogP contribution in [0.15, 0.2) is 11.6 Å². The number of hydrogen-bond donors (Lipinski definition) is 0. The van der Waals surface area contributed by atoms with Crippen molar-refractivity contribution >= 4 is 7.60 Å². The van der Waals surface area contributed by atoms with E-state index in [9.17, 15) is 4.57 Å². The maximum absolute atomic E-state index is 12.3. The van der Waals surface area contributed by atoms with Crippen molar-refractivity contribution in [1.29, 1.82) is 0 Å². The molecule has 124 valence electrons. The Morgan fingerprint density at radius 2 is 2.00 bits per heavy atom. The van der Waals surface area contributed by atoms with E-state index in [1.165, 1.54) is 6.42 Å². The SMILES string of the molecule is CCOP(=O)(CC/C=C(\C)COC1CCCCO1)OCC. The van der Waals surface area contributed by atoms with Crippen LogP contribution in [0, 0.1) is 0 Å². The van der Waals surface area contributed by atoms with Gasteiger partial charge in [-0.15, -0.1) is 0 Å². The predicted molar refractivity (Wildman–Crippen MR) is 83.6 cm³/mol. The van der Waals surface area contributed by atoms with Crippen molar-refractivity contribution in [3.63, 3.8) is 0 Å². The van der Waals surface area contributed by atoms with Crippen molar-refractivity contribution in [3.8, 4) is 0 Å². The first kappa shape index (κ1) is 18.9. The van der Waals surface area contributed by atoms with Crippen LogP contribution in [0.1, 0.15) is 46.5 Å². The summed E-state index contributed by atoms with van der Waals surface area (Å²) in [4.78, 5) is 0. The van der Waals surface area contributed by atoms with Crippen LogP contribution in [-0.4, -0.2) is 38.9 Å². The van der Waals surface area contributed by atoms with Crippen LogP contribution in [0.2, 0.25) is 0 Å². The lowest BCUT2D eigenvalue weighted by Gasteiger charge is -2.22. The summed E-state index contributed by atoms with van der Waals surface area (Å²) in [7, 11) is -2.93. The topological polar surface area (TPSA) is 54.0 Å². The van der Waals surface area contributed by atoms with Gasteiger partial charge in [-0.05, 0) is 46.5 Å². The van der Waals surface area contributed by atoms with E-state index in [4.69, 9.17) is 18.5 Å². The van der Waals surface area contributed by atoms with Crippen molar-refractivity contribution in [2.75, 3.05) is 32.6 Å². The quantitative estimate of drug-likeness (QED) is 0.447. The first-order chi connectivity index (χ1) is 10.1. The van der Waals surface area contributed by atoms with E-state index >= 15 is 0 Å². The predicted octanol–water partition coefficient (Wildman–Crippen LogP) is 4.13. The lowest BCUT2D eigenvalue weighted by atomic mass is 10.2. The molecule has 0 N–H and O–H groups in total. The number of rotatable bonds is 10.